The van der Waals surface area contributed by atoms with Gasteiger partial charge in [-0.25, -0.2) is 4.79 Å². The van der Waals surface area contributed by atoms with E-state index in [-0.39, 0.29) is 12.6 Å². The number of hydrogen-bond donors (Lipinski definition) is 3. The third-order valence-electron chi connectivity index (χ3n) is 2.57. The first kappa shape index (κ1) is 17.6. The molecule has 8 heteroatoms. The Morgan fingerprint density at radius 3 is 2.62 bits per heavy atom. The number of benzene rings is 1. The van der Waals surface area contributed by atoms with Crippen molar-refractivity contribution in [2.24, 2.45) is 0 Å². The van der Waals surface area contributed by atoms with Crippen molar-refractivity contribution >= 4 is 23.5 Å². The largest absolute Gasteiger partial charge is 0.398 e. The average Bonchev–Trinajstić information content (AvgIpc) is 2.43. The van der Waals surface area contributed by atoms with Crippen LogP contribution in [0.15, 0.2) is 29.2 Å². The monoisotopic (exact) mass is 322 g/mol. The van der Waals surface area contributed by atoms with Gasteiger partial charge in [-0.05, 0) is 18.6 Å². The molecule has 0 bridgehead atoms. The minimum Gasteiger partial charge on any atom is -0.394 e. The topological polar surface area (TPSA) is 61.4 Å². The van der Waals surface area contributed by atoms with Crippen LogP contribution >= 0.6 is 11.8 Å². The van der Waals surface area contributed by atoms with Gasteiger partial charge in [0.15, 0.2) is 0 Å². The number of urea groups is 1. The van der Waals surface area contributed by atoms with Crippen LogP contribution in [0.1, 0.15) is 13.3 Å². The molecule has 1 rings (SSSR count). The number of hydrogen-bond acceptors (Lipinski definition) is 3. The molecule has 0 fully saturated rings. The zero-order chi connectivity index (χ0) is 15.9. The van der Waals surface area contributed by atoms with Crippen molar-refractivity contribution in [3.8, 4) is 0 Å². The summed E-state index contributed by atoms with van der Waals surface area (Å²) in [7, 11) is 0. The molecule has 1 aromatic rings. The van der Waals surface area contributed by atoms with Crippen molar-refractivity contribution in [2.45, 2.75) is 30.5 Å². The molecule has 2 amide bonds. The van der Waals surface area contributed by atoms with Gasteiger partial charge in [0.1, 0.15) is 0 Å². The molecule has 0 aromatic heterocycles. The number of rotatable bonds is 6. The highest BCUT2D eigenvalue weighted by Gasteiger charge is 2.27. The van der Waals surface area contributed by atoms with Gasteiger partial charge < -0.3 is 15.7 Å². The maximum absolute atomic E-state index is 12.3. The molecule has 1 unspecified atom stereocenters. The quantitative estimate of drug-likeness (QED) is 0.705. The van der Waals surface area contributed by atoms with Crippen LogP contribution in [0.25, 0.3) is 0 Å². The number of para-hydroxylation sites is 1. The summed E-state index contributed by atoms with van der Waals surface area (Å²) in [5.41, 5.74) is 0.303. The SMILES string of the molecule is CCC(CO)NC(=O)Nc1ccccc1SCC(F)(F)F. The summed E-state index contributed by atoms with van der Waals surface area (Å²) >= 11 is 0.609. The van der Waals surface area contributed by atoms with E-state index < -0.39 is 18.0 Å². The fraction of sp³-hybridized carbons (Fsp3) is 0.462. The van der Waals surface area contributed by atoms with Crippen molar-refractivity contribution in [1.29, 1.82) is 0 Å². The molecule has 0 saturated carbocycles. The Morgan fingerprint density at radius 1 is 1.38 bits per heavy atom. The van der Waals surface area contributed by atoms with Crippen LogP contribution in [0.4, 0.5) is 23.7 Å². The fourth-order valence-corrected chi connectivity index (χ4v) is 2.24. The number of aliphatic hydroxyl groups is 1. The van der Waals surface area contributed by atoms with Gasteiger partial charge in [-0.15, -0.1) is 11.8 Å². The van der Waals surface area contributed by atoms with Crippen LogP contribution in [0.2, 0.25) is 0 Å². The van der Waals surface area contributed by atoms with Crippen LogP contribution in [0.3, 0.4) is 0 Å². The second-order valence-corrected chi connectivity index (χ2v) is 5.30. The van der Waals surface area contributed by atoms with Crippen molar-refractivity contribution in [2.75, 3.05) is 17.7 Å². The van der Waals surface area contributed by atoms with E-state index in [0.29, 0.717) is 28.8 Å². The lowest BCUT2D eigenvalue weighted by Gasteiger charge is -2.16. The van der Waals surface area contributed by atoms with Gasteiger partial charge in [-0.2, -0.15) is 13.2 Å². The number of aliphatic hydroxyl groups excluding tert-OH is 1. The predicted molar refractivity (Wildman–Crippen MR) is 76.5 cm³/mol. The molecule has 0 aliphatic heterocycles. The molecule has 4 nitrogen and oxygen atoms in total. The van der Waals surface area contributed by atoms with Gasteiger partial charge in [0.25, 0.3) is 0 Å². The van der Waals surface area contributed by atoms with E-state index in [1.54, 1.807) is 19.1 Å². The van der Waals surface area contributed by atoms with Gasteiger partial charge in [-0.1, -0.05) is 19.1 Å². The summed E-state index contributed by atoms with van der Waals surface area (Å²) in [6.45, 7) is 1.60. The minimum absolute atomic E-state index is 0.200. The highest BCUT2D eigenvalue weighted by Crippen LogP contribution is 2.31. The minimum atomic E-state index is -4.27. The van der Waals surface area contributed by atoms with Crippen LogP contribution in [0, 0.1) is 0 Å². The maximum atomic E-state index is 12.3. The van der Waals surface area contributed by atoms with E-state index in [1.807, 2.05) is 0 Å². The van der Waals surface area contributed by atoms with Crippen molar-refractivity contribution in [1.82, 2.24) is 5.32 Å². The van der Waals surface area contributed by atoms with Crippen molar-refractivity contribution < 1.29 is 23.1 Å². The molecule has 0 aliphatic carbocycles. The second-order valence-electron chi connectivity index (χ2n) is 4.29. The Balaban J connectivity index is 2.68. The molecule has 0 saturated heterocycles. The summed E-state index contributed by atoms with van der Waals surface area (Å²) < 4.78 is 36.8. The molecule has 0 heterocycles. The van der Waals surface area contributed by atoms with E-state index in [2.05, 4.69) is 10.6 Å². The lowest BCUT2D eigenvalue weighted by molar-refractivity contribution is -0.105. The number of thioether (sulfide) groups is 1. The van der Waals surface area contributed by atoms with E-state index in [9.17, 15) is 18.0 Å². The first-order valence-electron chi connectivity index (χ1n) is 6.32. The van der Waals surface area contributed by atoms with Gasteiger partial charge in [0.2, 0.25) is 0 Å². The number of amides is 2. The Morgan fingerprint density at radius 2 is 2.05 bits per heavy atom. The molecule has 1 aromatic carbocycles. The number of carbonyl (C=O) groups is 1. The number of alkyl halides is 3. The summed E-state index contributed by atoms with van der Waals surface area (Å²) in [5.74, 6) is -1.03. The highest BCUT2D eigenvalue weighted by atomic mass is 32.2. The average molecular weight is 322 g/mol. The number of anilines is 1. The van der Waals surface area contributed by atoms with E-state index >= 15 is 0 Å². The number of nitrogens with one attached hydrogen (secondary N) is 2. The summed E-state index contributed by atoms with van der Waals surface area (Å²) in [4.78, 5) is 12.1. The Hall–Kier alpha value is -1.41. The fourth-order valence-electron chi connectivity index (χ4n) is 1.48. The summed E-state index contributed by atoms with van der Waals surface area (Å²) in [5, 5.41) is 14.0. The Labute approximate surface area is 125 Å². The van der Waals surface area contributed by atoms with Gasteiger partial charge in [0.05, 0.1) is 24.1 Å². The first-order chi connectivity index (χ1) is 9.85. The first-order valence-corrected chi connectivity index (χ1v) is 7.31. The molecule has 21 heavy (non-hydrogen) atoms. The van der Waals surface area contributed by atoms with E-state index in [4.69, 9.17) is 5.11 Å². The Kier molecular flexibility index (Phi) is 6.83. The molecule has 0 radical (unpaired) electrons. The maximum Gasteiger partial charge on any atom is 0.398 e. The summed E-state index contributed by atoms with van der Waals surface area (Å²) in [6.07, 6.45) is -3.72. The van der Waals surface area contributed by atoms with Crippen molar-refractivity contribution in [3.05, 3.63) is 24.3 Å². The van der Waals surface area contributed by atoms with Gasteiger partial charge >= 0.3 is 12.2 Å². The molecular weight excluding hydrogens is 305 g/mol. The third-order valence-corrected chi connectivity index (χ3v) is 3.71. The van der Waals surface area contributed by atoms with E-state index in [0.717, 1.165) is 0 Å². The Bertz CT molecular complexity index is 465. The van der Waals surface area contributed by atoms with Crippen LogP contribution in [-0.4, -0.2) is 35.7 Å². The molecule has 0 aliphatic rings. The molecule has 0 spiro atoms. The third kappa shape index (κ3) is 6.72. The highest BCUT2D eigenvalue weighted by molar-refractivity contribution is 7.99. The second kappa shape index (κ2) is 8.14. The van der Waals surface area contributed by atoms with Crippen LogP contribution in [0.5, 0.6) is 0 Å². The van der Waals surface area contributed by atoms with Crippen molar-refractivity contribution in [3.63, 3.8) is 0 Å². The number of carbonyl (C=O) groups excluding carboxylic acids is 1. The number of halogens is 3. The molecule has 1 atom stereocenters. The lowest BCUT2D eigenvalue weighted by atomic mass is 10.2. The molecule has 3 N–H and O–H groups in total. The van der Waals surface area contributed by atoms with Gasteiger partial charge in [-0.3, -0.25) is 0 Å². The van der Waals surface area contributed by atoms with Crippen LogP contribution in [-0.2, 0) is 0 Å². The summed E-state index contributed by atoms with van der Waals surface area (Å²) in [6, 6.07) is 5.31. The molecule has 118 valence electrons. The lowest BCUT2D eigenvalue weighted by Crippen LogP contribution is -2.39. The van der Waals surface area contributed by atoms with Crippen LogP contribution < -0.4 is 10.6 Å². The zero-order valence-corrected chi connectivity index (χ0v) is 12.2. The van der Waals surface area contributed by atoms with E-state index in [1.165, 1.54) is 12.1 Å². The standard InChI is InChI=1S/C13H17F3N2O2S/c1-2-9(7-19)17-12(20)18-10-5-3-4-6-11(10)21-8-13(14,15)16/h3-6,9,19H,2,7-8H2,1H3,(H2,17,18,20). The predicted octanol–water partition coefficient (Wildman–Crippen LogP) is 3.23. The molecular formula is C13H17F3N2O2S. The normalized spacial score (nSPS) is 12.8. The van der Waals surface area contributed by atoms with Gasteiger partial charge in [0, 0.05) is 4.90 Å². The smallest absolute Gasteiger partial charge is 0.394 e. The zero-order valence-electron chi connectivity index (χ0n) is 11.4.